The van der Waals surface area contributed by atoms with Crippen molar-refractivity contribution in [3.8, 4) is 0 Å². The van der Waals surface area contributed by atoms with Gasteiger partial charge in [-0.05, 0) is 0 Å². The molecule has 4 aliphatic heterocycles. The summed E-state index contributed by atoms with van der Waals surface area (Å²) >= 11 is 0. The van der Waals surface area contributed by atoms with Gasteiger partial charge in [0.1, 0.15) is 10.8 Å². The van der Waals surface area contributed by atoms with E-state index in [0.29, 0.717) is 0 Å². The van der Waals surface area contributed by atoms with Crippen molar-refractivity contribution in [3.63, 3.8) is 0 Å². The van der Waals surface area contributed by atoms with Crippen LogP contribution in [0.4, 0.5) is 0 Å². The van der Waals surface area contributed by atoms with Gasteiger partial charge in [0.15, 0.2) is 0 Å². The smallest absolute Gasteiger partial charge is 0.317 e. The number of ether oxygens (including phenoxy) is 2. The topological polar surface area (TPSA) is 93.1 Å². The lowest BCUT2D eigenvalue weighted by molar-refractivity contribution is -0.170. The van der Waals surface area contributed by atoms with Gasteiger partial charge in [0.2, 0.25) is 0 Å². The number of rotatable bonds is 2. The standard InChI is InChI=1S/C12H10O6/c13-9(14)11-5-1-2-6(17-5)12(11,10(15)16)8-4-3-7(11)18-8/h1-8H,(H,13,14)(H,15,16)/t5-,6+,7+,8-,11?,12?. The highest BCUT2D eigenvalue weighted by molar-refractivity contribution is 5.93. The van der Waals surface area contributed by atoms with E-state index in [9.17, 15) is 19.8 Å². The van der Waals surface area contributed by atoms with Crippen LogP contribution >= 0.6 is 0 Å². The second kappa shape index (κ2) is 2.67. The average molecular weight is 250 g/mol. The minimum atomic E-state index is -1.54. The van der Waals surface area contributed by atoms with Gasteiger partial charge in [0, 0.05) is 0 Å². The first-order chi connectivity index (χ1) is 8.56. The molecule has 2 unspecified atom stereocenters. The molecule has 0 aliphatic carbocycles. The van der Waals surface area contributed by atoms with Crippen molar-refractivity contribution in [1.82, 2.24) is 0 Å². The van der Waals surface area contributed by atoms with Crippen molar-refractivity contribution in [2.24, 2.45) is 10.8 Å². The molecule has 0 aromatic rings. The highest BCUT2D eigenvalue weighted by Gasteiger charge is 2.85. The van der Waals surface area contributed by atoms with Crippen molar-refractivity contribution >= 4 is 11.9 Å². The van der Waals surface area contributed by atoms with E-state index in [0.717, 1.165) is 0 Å². The number of fused-ring (bicyclic) bond motifs is 9. The van der Waals surface area contributed by atoms with Crippen LogP contribution in [0.25, 0.3) is 0 Å². The van der Waals surface area contributed by atoms with Crippen molar-refractivity contribution in [2.75, 3.05) is 0 Å². The van der Waals surface area contributed by atoms with Crippen LogP contribution in [0, 0.1) is 10.8 Å². The number of carboxylic acids is 2. The Morgan fingerprint density at radius 1 is 0.778 bits per heavy atom. The van der Waals surface area contributed by atoms with Gasteiger partial charge in [-0.15, -0.1) is 0 Å². The second-order valence-electron chi connectivity index (χ2n) is 5.07. The fourth-order valence-electron chi connectivity index (χ4n) is 4.04. The lowest BCUT2D eigenvalue weighted by atomic mass is 9.53. The van der Waals surface area contributed by atoms with Crippen molar-refractivity contribution < 1.29 is 29.3 Å². The molecule has 0 spiro atoms. The third-order valence-electron chi connectivity index (χ3n) is 4.70. The number of hydrogen-bond acceptors (Lipinski definition) is 4. The fourth-order valence-corrected chi connectivity index (χ4v) is 4.04. The average Bonchev–Trinajstić information content (AvgIpc) is 3.05. The van der Waals surface area contributed by atoms with E-state index >= 15 is 0 Å². The molecule has 4 bridgehead atoms. The Bertz CT molecular complexity index is 461. The molecule has 4 aliphatic rings. The highest BCUT2D eigenvalue weighted by atomic mass is 16.6. The minimum absolute atomic E-state index is 0.740. The summed E-state index contributed by atoms with van der Waals surface area (Å²) in [5.74, 6) is -2.34. The zero-order valence-corrected chi connectivity index (χ0v) is 9.15. The molecule has 0 amide bonds. The summed E-state index contributed by atoms with van der Waals surface area (Å²) in [6.45, 7) is 0. The fraction of sp³-hybridized carbons (Fsp3) is 0.500. The zero-order valence-electron chi connectivity index (χ0n) is 9.15. The van der Waals surface area contributed by atoms with Gasteiger partial charge in [0.25, 0.3) is 0 Å². The molecule has 4 heterocycles. The molecule has 94 valence electrons. The van der Waals surface area contributed by atoms with Crippen LogP contribution in [0.1, 0.15) is 0 Å². The summed E-state index contributed by atoms with van der Waals surface area (Å²) < 4.78 is 11.1. The molecule has 0 aromatic heterocycles. The molecule has 4 rings (SSSR count). The molecule has 2 saturated heterocycles. The van der Waals surface area contributed by atoms with Gasteiger partial charge in [0.05, 0.1) is 24.4 Å². The first kappa shape index (κ1) is 10.3. The Morgan fingerprint density at radius 3 is 1.28 bits per heavy atom. The molecule has 18 heavy (non-hydrogen) atoms. The minimum Gasteiger partial charge on any atom is -0.481 e. The SMILES string of the molecule is O=C(O)C12[C@@H]3C=C[C@@H](O3)C1(C(=O)O)[C@@H]1C=C[C@H]2O1. The van der Waals surface area contributed by atoms with Gasteiger partial charge in [-0.25, -0.2) is 0 Å². The van der Waals surface area contributed by atoms with Crippen molar-refractivity contribution in [3.05, 3.63) is 24.3 Å². The summed E-state index contributed by atoms with van der Waals surface area (Å²) in [5, 5.41) is 19.3. The van der Waals surface area contributed by atoms with Crippen LogP contribution in [0.15, 0.2) is 24.3 Å². The van der Waals surface area contributed by atoms with Gasteiger partial charge < -0.3 is 19.7 Å². The van der Waals surface area contributed by atoms with Crippen LogP contribution in [0.2, 0.25) is 0 Å². The monoisotopic (exact) mass is 250 g/mol. The Labute approximate surface area is 101 Å². The van der Waals surface area contributed by atoms with E-state index in [1.165, 1.54) is 0 Å². The first-order valence-electron chi connectivity index (χ1n) is 5.70. The summed E-state index contributed by atoms with van der Waals surface area (Å²) in [7, 11) is 0. The lowest BCUT2D eigenvalue weighted by Crippen LogP contribution is -2.62. The summed E-state index contributed by atoms with van der Waals surface area (Å²) in [5.41, 5.74) is -3.09. The molecule has 0 radical (unpaired) electrons. The molecule has 6 heteroatoms. The lowest BCUT2D eigenvalue weighted by Gasteiger charge is -2.41. The predicted octanol–water partition coefficient (Wildman–Crippen LogP) is -0.197. The second-order valence-corrected chi connectivity index (χ2v) is 5.07. The molecule has 2 fully saturated rings. The molecular weight excluding hydrogens is 240 g/mol. The number of aliphatic carboxylic acids is 2. The summed E-state index contributed by atoms with van der Waals surface area (Å²) in [6.07, 6.45) is 3.59. The van der Waals surface area contributed by atoms with Crippen LogP contribution in [0.5, 0.6) is 0 Å². The van der Waals surface area contributed by atoms with Gasteiger partial charge in [-0.2, -0.15) is 0 Å². The van der Waals surface area contributed by atoms with Crippen molar-refractivity contribution in [2.45, 2.75) is 24.4 Å². The highest BCUT2D eigenvalue weighted by Crippen LogP contribution is 2.68. The third-order valence-corrected chi connectivity index (χ3v) is 4.70. The Balaban J connectivity index is 2.06. The van der Waals surface area contributed by atoms with E-state index in [1.54, 1.807) is 24.3 Å². The number of carbonyl (C=O) groups is 2. The molecule has 0 aromatic carbocycles. The quantitative estimate of drug-likeness (QED) is 0.659. The summed E-state index contributed by atoms with van der Waals surface area (Å²) in [4.78, 5) is 23.6. The zero-order chi connectivity index (χ0) is 12.7. The Hall–Kier alpha value is -1.66. The normalized spacial score (nSPS) is 54.0. The van der Waals surface area contributed by atoms with Gasteiger partial charge >= 0.3 is 11.9 Å². The molecule has 2 N–H and O–H groups in total. The van der Waals surface area contributed by atoms with E-state index in [4.69, 9.17) is 9.47 Å². The van der Waals surface area contributed by atoms with E-state index < -0.39 is 47.2 Å². The van der Waals surface area contributed by atoms with Crippen molar-refractivity contribution in [1.29, 1.82) is 0 Å². The predicted molar refractivity (Wildman–Crippen MR) is 55.7 cm³/mol. The maximum Gasteiger partial charge on any atom is 0.317 e. The molecule has 6 atom stereocenters. The maximum atomic E-state index is 11.8. The Kier molecular flexibility index (Phi) is 1.53. The van der Waals surface area contributed by atoms with Crippen LogP contribution in [-0.2, 0) is 19.1 Å². The molecular formula is C12H10O6. The third kappa shape index (κ3) is 0.678. The van der Waals surface area contributed by atoms with Crippen LogP contribution < -0.4 is 0 Å². The number of carboxylic acid groups (broad SMARTS) is 2. The van der Waals surface area contributed by atoms with E-state index in [1.807, 2.05) is 0 Å². The number of hydrogen-bond donors (Lipinski definition) is 2. The van der Waals surface area contributed by atoms with Crippen LogP contribution in [-0.4, -0.2) is 46.6 Å². The van der Waals surface area contributed by atoms with Gasteiger partial charge in [-0.3, -0.25) is 9.59 Å². The van der Waals surface area contributed by atoms with Crippen LogP contribution in [0.3, 0.4) is 0 Å². The maximum absolute atomic E-state index is 11.8. The largest absolute Gasteiger partial charge is 0.481 e. The first-order valence-corrected chi connectivity index (χ1v) is 5.70. The van der Waals surface area contributed by atoms with E-state index in [2.05, 4.69) is 0 Å². The molecule has 0 saturated carbocycles. The Morgan fingerprint density at radius 2 is 1.06 bits per heavy atom. The summed E-state index contributed by atoms with van der Waals surface area (Å²) in [6, 6.07) is 0. The molecule has 6 nitrogen and oxygen atoms in total. The van der Waals surface area contributed by atoms with E-state index in [-0.39, 0.29) is 0 Å². The van der Waals surface area contributed by atoms with Gasteiger partial charge in [-0.1, -0.05) is 24.3 Å².